The summed E-state index contributed by atoms with van der Waals surface area (Å²) in [7, 11) is 0. The second kappa shape index (κ2) is 6.45. The van der Waals surface area contributed by atoms with Crippen LogP contribution in [0.2, 0.25) is 0 Å². The van der Waals surface area contributed by atoms with Crippen LogP contribution in [0, 0.1) is 6.92 Å². The first kappa shape index (κ1) is 15.6. The van der Waals surface area contributed by atoms with Crippen molar-refractivity contribution in [1.82, 2.24) is 14.9 Å². The molecule has 0 spiro atoms. The molecule has 3 heterocycles. The molecule has 0 bridgehead atoms. The fourth-order valence-electron chi connectivity index (χ4n) is 2.80. The second-order valence-electron chi connectivity index (χ2n) is 5.57. The second-order valence-corrected chi connectivity index (χ2v) is 6.46. The topological polar surface area (TPSA) is 83.4 Å². The fourth-order valence-corrected chi connectivity index (χ4v) is 3.75. The van der Waals surface area contributed by atoms with Crippen LogP contribution in [0.5, 0.6) is 0 Å². The molecule has 0 radical (unpaired) electrons. The van der Waals surface area contributed by atoms with Crippen LogP contribution in [0.25, 0.3) is 0 Å². The van der Waals surface area contributed by atoms with Crippen molar-refractivity contribution in [3.63, 3.8) is 0 Å². The Bertz CT molecular complexity index is 744. The Morgan fingerprint density at radius 1 is 1.39 bits per heavy atom. The molecule has 3 rings (SSSR count). The molecular formula is C16H17N3O3S. The number of aromatic carboxylic acids is 1. The van der Waals surface area contributed by atoms with Crippen molar-refractivity contribution in [2.24, 2.45) is 0 Å². The van der Waals surface area contributed by atoms with E-state index in [0.29, 0.717) is 12.1 Å². The summed E-state index contributed by atoms with van der Waals surface area (Å²) >= 11 is 1.57. The fraction of sp³-hybridized carbons (Fsp3) is 0.375. The van der Waals surface area contributed by atoms with Gasteiger partial charge in [0.25, 0.3) is 5.91 Å². The van der Waals surface area contributed by atoms with E-state index in [-0.39, 0.29) is 17.6 Å². The maximum absolute atomic E-state index is 12.8. The van der Waals surface area contributed by atoms with Gasteiger partial charge in [0.1, 0.15) is 10.7 Å². The predicted molar refractivity (Wildman–Crippen MR) is 85.7 cm³/mol. The van der Waals surface area contributed by atoms with Crippen LogP contribution < -0.4 is 0 Å². The SMILES string of the molecule is Cc1csc(C2CCCCN2C(=O)c2ccnc(C(=O)O)c2)n1. The number of hydrogen-bond donors (Lipinski definition) is 1. The molecular weight excluding hydrogens is 314 g/mol. The van der Waals surface area contributed by atoms with Gasteiger partial charge in [0.2, 0.25) is 0 Å². The normalized spacial score (nSPS) is 18.0. The highest BCUT2D eigenvalue weighted by atomic mass is 32.1. The Balaban J connectivity index is 1.89. The maximum Gasteiger partial charge on any atom is 0.354 e. The average Bonchev–Trinajstić information content (AvgIpc) is 3.00. The van der Waals surface area contributed by atoms with Crippen molar-refractivity contribution in [2.75, 3.05) is 6.54 Å². The summed E-state index contributed by atoms with van der Waals surface area (Å²) in [5, 5.41) is 12.0. The van der Waals surface area contributed by atoms with Crippen molar-refractivity contribution >= 4 is 23.2 Å². The van der Waals surface area contributed by atoms with Gasteiger partial charge >= 0.3 is 5.97 Å². The van der Waals surface area contributed by atoms with Gasteiger partial charge in [-0.25, -0.2) is 14.8 Å². The van der Waals surface area contributed by atoms with Crippen molar-refractivity contribution in [1.29, 1.82) is 0 Å². The number of nitrogens with zero attached hydrogens (tertiary/aromatic N) is 3. The van der Waals surface area contributed by atoms with Crippen LogP contribution in [0.3, 0.4) is 0 Å². The number of carbonyl (C=O) groups is 2. The molecule has 120 valence electrons. The quantitative estimate of drug-likeness (QED) is 0.935. The Morgan fingerprint density at radius 3 is 2.91 bits per heavy atom. The number of carbonyl (C=O) groups excluding carboxylic acids is 1. The van der Waals surface area contributed by atoms with Gasteiger partial charge in [0.05, 0.1) is 6.04 Å². The third kappa shape index (κ3) is 3.24. The smallest absolute Gasteiger partial charge is 0.354 e. The van der Waals surface area contributed by atoms with Crippen molar-refractivity contribution in [3.8, 4) is 0 Å². The third-order valence-corrected chi connectivity index (χ3v) is 4.98. The Morgan fingerprint density at radius 2 is 2.22 bits per heavy atom. The summed E-state index contributed by atoms with van der Waals surface area (Å²) in [6, 6.07) is 2.87. The molecule has 6 nitrogen and oxygen atoms in total. The molecule has 1 aliphatic rings. The molecule has 1 atom stereocenters. The summed E-state index contributed by atoms with van der Waals surface area (Å²) in [4.78, 5) is 34.0. The lowest BCUT2D eigenvalue weighted by Crippen LogP contribution is -2.38. The van der Waals surface area contributed by atoms with Crippen molar-refractivity contribution in [3.05, 3.63) is 45.7 Å². The van der Waals surface area contributed by atoms with E-state index in [0.717, 1.165) is 30.0 Å². The van der Waals surface area contributed by atoms with Gasteiger partial charge in [-0.1, -0.05) is 0 Å². The highest BCUT2D eigenvalue weighted by Gasteiger charge is 2.30. The number of carboxylic acid groups (broad SMARTS) is 1. The van der Waals surface area contributed by atoms with E-state index >= 15 is 0 Å². The number of piperidine rings is 1. The standard InChI is InChI=1S/C16H17N3O3S/c1-10-9-23-14(18-10)13-4-2-3-7-19(13)15(20)11-5-6-17-12(8-11)16(21)22/h5-6,8-9,13H,2-4,7H2,1H3,(H,21,22). The summed E-state index contributed by atoms with van der Waals surface area (Å²) in [5.41, 5.74) is 1.20. The zero-order valence-corrected chi connectivity index (χ0v) is 13.5. The van der Waals surface area contributed by atoms with Crippen LogP contribution >= 0.6 is 11.3 Å². The van der Waals surface area contributed by atoms with E-state index in [1.54, 1.807) is 17.4 Å². The van der Waals surface area contributed by atoms with Gasteiger partial charge in [-0.2, -0.15) is 0 Å². The molecule has 0 saturated carbocycles. The average molecular weight is 331 g/mol. The summed E-state index contributed by atoms with van der Waals surface area (Å²) in [6.45, 7) is 2.60. The molecule has 0 aromatic carbocycles. The largest absolute Gasteiger partial charge is 0.477 e. The van der Waals surface area contributed by atoms with Crippen molar-refractivity contribution < 1.29 is 14.7 Å². The Labute approximate surface area is 137 Å². The van der Waals surface area contributed by atoms with Crippen LogP contribution in [0.1, 0.15) is 56.9 Å². The van der Waals surface area contributed by atoms with E-state index < -0.39 is 5.97 Å². The lowest BCUT2D eigenvalue weighted by Gasteiger charge is -2.34. The molecule has 1 N–H and O–H groups in total. The zero-order valence-electron chi connectivity index (χ0n) is 12.7. The number of rotatable bonds is 3. The number of amides is 1. The molecule has 0 aliphatic carbocycles. The number of aromatic nitrogens is 2. The Kier molecular flexibility index (Phi) is 4.38. The minimum Gasteiger partial charge on any atom is -0.477 e. The van der Waals surface area contributed by atoms with Crippen LogP contribution in [-0.4, -0.2) is 38.4 Å². The molecule has 7 heteroatoms. The van der Waals surface area contributed by atoms with E-state index in [9.17, 15) is 9.59 Å². The van der Waals surface area contributed by atoms with E-state index in [2.05, 4.69) is 9.97 Å². The van der Waals surface area contributed by atoms with Gasteiger partial charge in [0.15, 0.2) is 0 Å². The number of pyridine rings is 1. The highest BCUT2D eigenvalue weighted by molar-refractivity contribution is 7.09. The number of thiazole rings is 1. The van der Waals surface area contributed by atoms with E-state index in [1.807, 2.05) is 17.2 Å². The van der Waals surface area contributed by atoms with Crippen LogP contribution in [0.4, 0.5) is 0 Å². The summed E-state index contributed by atoms with van der Waals surface area (Å²) in [6.07, 6.45) is 4.26. The first-order valence-electron chi connectivity index (χ1n) is 7.48. The first-order valence-corrected chi connectivity index (χ1v) is 8.36. The highest BCUT2D eigenvalue weighted by Crippen LogP contribution is 2.33. The lowest BCUT2D eigenvalue weighted by atomic mass is 10.0. The molecule has 1 amide bonds. The molecule has 1 aliphatic heterocycles. The molecule has 1 fully saturated rings. The monoisotopic (exact) mass is 331 g/mol. The molecule has 23 heavy (non-hydrogen) atoms. The van der Waals surface area contributed by atoms with Crippen molar-refractivity contribution in [2.45, 2.75) is 32.2 Å². The zero-order chi connectivity index (χ0) is 16.4. The molecule has 1 unspecified atom stereocenters. The summed E-state index contributed by atoms with van der Waals surface area (Å²) < 4.78 is 0. The van der Waals surface area contributed by atoms with Gasteiger partial charge in [0, 0.05) is 29.4 Å². The van der Waals surface area contributed by atoms with Gasteiger partial charge in [-0.15, -0.1) is 11.3 Å². The predicted octanol–water partition coefficient (Wildman–Crippen LogP) is 2.91. The number of hydrogen-bond acceptors (Lipinski definition) is 5. The van der Waals surface area contributed by atoms with Gasteiger partial charge < -0.3 is 10.0 Å². The third-order valence-electron chi connectivity index (χ3n) is 3.91. The van der Waals surface area contributed by atoms with Gasteiger partial charge in [-0.05, 0) is 38.3 Å². The molecule has 1 saturated heterocycles. The van der Waals surface area contributed by atoms with E-state index in [1.165, 1.54) is 12.3 Å². The maximum atomic E-state index is 12.8. The minimum absolute atomic E-state index is 0.0311. The van der Waals surface area contributed by atoms with Crippen LogP contribution in [-0.2, 0) is 0 Å². The molecule has 2 aromatic heterocycles. The summed E-state index contributed by atoms with van der Waals surface area (Å²) in [5.74, 6) is -1.29. The van der Waals surface area contributed by atoms with Gasteiger partial charge in [-0.3, -0.25) is 4.79 Å². The Hall–Kier alpha value is -2.28. The minimum atomic E-state index is -1.13. The number of likely N-dealkylation sites (tertiary alicyclic amines) is 1. The van der Waals surface area contributed by atoms with Crippen LogP contribution in [0.15, 0.2) is 23.7 Å². The first-order chi connectivity index (χ1) is 11.1. The number of aryl methyl sites for hydroxylation is 1. The molecule has 2 aromatic rings. The lowest BCUT2D eigenvalue weighted by molar-refractivity contribution is 0.0611. The van der Waals surface area contributed by atoms with E-state index in [4.69, 9.17) is 5.11 Å². The number of carboxylic acids is 1.